The summed E-state index contributed by atoms with van der Waals surface area (Å²) in [6.45, 7) is 3.52. The van der Waals surface area contributed by atoms with Crippen LogP contribution in [0, 0.1) is 6.92 Å². The Labute approximate surface area is 126 Å². The summed E-state index contributed by atoms with van der Waals surface area (Å²) in [4.78, 5) is 21.5. The van der Waals surface area contributed by atoms with Crippen molar-refractivity contribution < 1.29 is 22.7 Å². The van der Waals surface area contributed by atoms with Crippen molar-refractivity contribution in [3.05, 3.63) is 23.3 Å². The fourth-order valence-electron chi connectivity index (χ4n) is 2.75. The first-order chi connectivity index (χ1) is 10.2. The van der Waals surface area contributed by atoms with E-state index in [0.717, 1.165) is 6.07 Å². The Morgan fingerprint density at radius 1 is 1.45 bits per heavy atom. The minimum atomic E-state index is -4.54. The molecule has 1 aromatic heterocycles. The monoisotopic (exact) mass is 317 g/mol. The van der Waals surface area contributed by atoms with Crippen LogP contribution in [0.4, 0.5) is 13.2 Å². The van der Waals surface area contributed by atoms with Crippen molar-refractivity contribution in [3.63, 3.8) is 0 Å². The number of rotatable bonds is 3. The van der Waals surface area contributed by atoms with Crippen molar-refractivity contribution in [2.24, 2.45) is 0 Å². The van der Waals surface area contributed by atoms with Crippen LogP contribution in [-0.4, -0.2) is 41.0 Å². The van der Waals surface area contributed by atoms with Crippen LogP contribution in [0.25, 0.3) is 0 Å². The highest BCUT2D eigenvalue weighted by Crippen LogP contribution is 2.38. The number of hydrogen-bond acceptors (Lipinski definition) is 4. The van der Waals surface area contributed by atoms with Crippen LogP contribution in [0.15, 0.2) is 6.07 Å². The molecule has 0 unspecified atom stereocenters. The second-order valence-corrected chi connectivity index (χ2v) is 5.57. The van der Waals surface area contributed by atoms with Gasteiger partial charge in [-0.05, 0) is 32.8 Å². The number of alkyl halides is 3. The average molecular weight is 317 g/mol. The third-order valence-electron chi connectivity index (χ3n) is 3.84. The van der Waals surface area contributed by atoms with Crippen LogP contribution in [0.5, 0.6) is 0 Å². The molecule has 0 bridgehead atoms. The molecule has 0 aliphatic carbocycles. The molecule has 122 valence electrons. The molecule has 1 fully saturated rings. The molecule has 1 saturated heterocycles. The highest BCUT2D eigenvalue weighted by Gasteiger charge is 2.44. The van der Waals surface area contributed by atoms with Gasteiger partial charge in [0.15, 0.2) is 5.82 Å². The summed E-state index contributed by atoms with van der Waals surface area (Å²) in [5, 5.41) is 0. The van der Waals surface area contributed by atoms with Crippen molar-refractivity contribution >= 4 is 5.91 Å². The van der Waals surface area contributed by atoms with E-state index in [9.17, 15) is 18.0 Å². The Morgan fingerprint density at radius 2 is 2.14 bits per heavy atom. The van der Waals surface area contributed by atoms with Gasteiger partial charge in [-0.25, -0.2) is 9.97 Å². The van der Waals surface area contributed by atoms with Gasteiger partial charge in [-0.1, -0.05) is 0 Å². The lowest BCUT2D eigenvalue weighted by Gasteiger charge is -2.34. The maximum Gasteiger partial charge on any atom is 0.433 e. The number of methoxy groups -OCH3 is 1. The van der Waals surface area contributed by atoms with Crippen molar-refractivity contribution in [1.82, 2.24) is 14.9 Å². The van der Waals surface area contributed by atoms with Crippen LogP contribution < -0.4 is 0 Å². The zero-order chi connectivity index (χ0) is 16.5. The summed E-state index contributed by atoms with van der Waals surface area (Å²) in [5.74, 6) is -0.247. The van der Waals surface area contributed by atoms with Gasteiger partial charge in [-0.3, -0.25) is 4.79 Å². The second kappa shape index (κ2) is 5.83. The first-order valence-corrected chi connectivity index (χ1v) is 6.91. The van der Waals surface area contributed by atoms with Gasteiger partial charge in [0.05, 0.1) is 5.54 Å². The van der Waals surface area contributed by atoms with E-state index >= 15 is 0 Å². The molecular weight excluding hydrogens is 299 g/mol. The normalized spacial score (nSPS) is 22.2. The molecule has 1 aliphatic rings. The number of aryl methyl sites for hydroxylation is 1. The molecule has 0 N–H and O–H groups in total. The number of carbonyl (C=O) groups is 1. The van der Waals surface area contributed by atoms with Gasteiger partial charge >= 0.3 is 6.18 Å². The molecule has 1 amide bonds. The molecule has 1 aliphatic heterocycles. The molecule has 1 aromatic rings. The third-order valence-corrected chi connectivity index (χ3v) is 3.84. The van der Waals surface area contributed by atoms with Crippen molar-refractivity contribution in [1.29, 1.82) is 0 Å². The van der Waals surface area contributed by atoms with Crippen molar-refractivity contribution in [2.75, 3.05) is 20.3 Å². The molecule has 2 heterocycles. The minimum Gasteiger partial charge on any atom is -0.375 e. The summed E-state index contributed by atoms with van der Waals surface area (Å²) in [6, 6.07) is 0.906. The fraction of sp³-hybridized carbons (Fsp3) is 0.643. The molecule has 22 heavy (non-hydrogen) atoms. The Bertz CT molecular complexity index is 577. The molecule has 0 spiro atoms. The van der Waals surface area contributed by atoms with E-state index in [2.05, 4.69) is 9.97 Å². The first kappa shape index (κ1) is 16.7. The lowest BCUT2D eigenvalue weighted by molar-refractivity contribution is -0.142. The van der Waals surface area contributed by atoms with Crippen LogP contribution in [0.1, 0.15) is 37.0 Å². The topological polar surface area (TPSA) is 55.3 Å². The van der Waals surface area contributed by atoms with E-state index in [-0.39, 0.29) is 24.0 Å². The van der Waals surface area contributed by atoms with E-state index in [1.54, 1.807) is 6.92 Å². The predicted molar refractivity (Wildman–Crippen MR) is 71.9 cm³/mol. The zero-order valence-corrected chi connectivity index (χ0v) is 12.7. The van der Waals surface area contributed by atoms with Gasteiger partial charge in [0.1, 0.15) is 12.3 Å². The maximum atomic E-state index is 12.9. The number of ether oxygens (including phenoxy) is 1. The van der Waals surface area contributed by atoms with E-state index in [0.29, 0.717) is 19.4 Å². The van der Waals surface area contributed by atoms with Gasteiger partial charge in [-0.2, -0.15) is 13.2 Å². The molecule has 8 heteroatoms. The average Bonchev–Trinajstić information content (AvgIpc) is 2.81. The Balaban J connectivity index is 2.44. The SMILES string of the molecule is COCC(=O)N1CCC[C@@]1(C)c1nc(C)cc(C(F)(F)F)n1. The van der Waals surface area contributed by atoms with Crippen LogP contribution in [-0.2, 0) is 21.2 Å². The minimum absolute atomic E-state index is 0.0294. The number of carbonyl (C=O) groups excluding carboxylic acids is 1. The number of halogens is 3. The van der Waals surface area contributed by atoms with Gasteiger partial charge in [-0.15, -0.1) is 0 Å². The Hall–Kier alpha value is -1.70. The number of hydrogen-bond donors (Lipinski definition) is 0. The lowest BCUT2D eigenvalue weighted by Crippen LogP contribution is -2.45. The number of aromatic nitrogens is 2. The molecule has 2 rings (SSSR count). The highest BCUT2D eigenvalue weighted by molar-refractivity contribution is 5.78. The van der Waals surface area contributed by atoms with Gasteiger partial charge < -0.3 is 9.64 Å². The van der Waals surface area contributed by atoms with Crippen LogP contribution in [0.2, 0.25) is 0 Å². The molecular formula is C14H18F3N3O2. The molecule has 0 saturated carbocycles. The molecule has 5 nitrogen and oxygen atoms in total. The van der Waals surface area contributed by atoms with E-state index in [4.69, 9.17) is 4.74 Å². The number of nitrogens with zero attached hydrogens (tertiary/aromatic N) is 3. The van der Waals surface area contributed by atoms with Crippen LogP contribution >= 0.6 is 0 Å². The predicted octanol–water partition coefficient (Wildman–Crippen LogP) is 2.29. The van der Waals surface area contributed by atoms with Gasteiger partial charge in [0, 0.05) is 19.3 Å². The van der Waals surface area contributed by atoms with Crippen molar-refractivity contribution in [3.8, 4) is 0 Å². The molecule has 0 aromatic carbocycles. The Morgan fingerprint density at radius 3 is 2.73 bits per heavy atom. The smallest absolute Gasteiger partial charge is 0.375 e. The standard InChI is InChI=1S/C14H18F3N3O2/c1-9-7-10(14(15,16)17)19-12(18-9)13(2)5-4-6-20(13)11(21)8-22-3/h7H,4-6,8H2,1-3H3/t13-/m0/s1. The second-order valence-electron chi connectivity index (χ2n) is 5.57. The maximum absolute atomic E-state index is 12.9. The molecule has 0 radical (unpaired) electrons. The lowest BCUT2D eigenvalue weighted by atomic mass is 9.97. The van der Waals surface area contributed by atoms with E-state index in [1.165, 1.54) is 18.9 Å². The molecule has 1 atom stereocenters. The Kier molecular flexibility index (Phi) is 4.42. The third kappa shape index (κ3) is 3.06. The van der Waals surface area contributed by atoms with Gasteiger partial charge in [0.2, 0.25) is 5.91 Å². The van der Waals surface area contributed by atoms with E-state index in [1.807, 2.05) is 0 Å². The largest absolute Gasteiger partial charge is 0.433 e. The summed E-state index contributed by atoms with van der Waals surface area (Å²) in [5.41, 5.74) is -1.70. The number of likely N-dealkylation sites (tertiary alicyclic amines) is 1. The zero-order valence-electron chi connectivity index (χ0n) is 12.7. The van der Waals surface area contributed by atoms with Crippen molar-refractivity contribution in [2.45, 2.75) is 38.4 Å². The summed E-state index contributed by atoms with van der Waals surface area (Å²) < 4.78 is 43.7. The summed E-state index contributed by atoms with van der Waals surface area (Å²) in [6.07, 6.45) is -3.34. The first-order valence-electron chi connectivity index (χ1n) is 6.91. The van der Waals surface area contributed by atoms with Gasteiger partial charge in [0.25, 0.3) is 0 Å². The quantitative estimate of drug-likeness (QED) is 0.858. The highest BCUT2D eigenvalue weighted by atomic mass is 19.4. The number of amides is 1. The summed E-state index contributed by atoms with van der Waals surface area (Å²) >= 11 is 0. The fourth-order valence-corrected chi connectivity index (χ4v) is 2.75. The summed E-state index contributed by atoms with van der Waals surface area (Å²) in [7, 11) is 1.40. The van der Waals surface area contributed by atoms with E-state index < -0.39 is 17.4 Å². The van der Waals surface area contributed by atoms with Crippen LogP contribution in [0.3, 0.4) is 0 Å².